The highest BCUT2D eigenvalue weighted by molar-refractivity contribution is 14.0. The van der Waals surface area contributed by atoms with Gasteiger partial charge < -0.3 is 10.2 Å². The maximum Gasteiger partial charge on any atom is 0.194 e. The quantitative estimate of drug-likeness (QED) is 0.424. The third-order valence-corrected chi connectivity index (χ3v) is 5.50. The van der Waals surface area contributed by atoms with Crippen molar-refractivity contribution in [1.29, 1.82) is 0 Å². The molecule has 0 bridgehead atoms. The minimum Gasteiger partial charge on any atom is -0.356 e. The SMILES string of the molecule is CCNC(=NCc1nncn1-c1ccccc1)N1CC(C)(C)C1(C)C.I. The molecule has 7 heteroatoms. The highest BCUT2D eigenvalue weighted by Gasteiger charge is 2.53. The van der Waals surface area contributed by atoms with Crippen molar-refractivity contribution in [3.63, 3.8) is 0 Å². The Morgan fingerprint density at radius 3 is 2.46 bits per heavy atom. The van der Waals surface area contributed by atoms with E-state index in [4.69, 9.17) is 4.99 Å². The maximum absolute atomic E-state index is 4.83. The van der Waals surface area contributed by atoms with Crippen molar-refractivity contribution in [1.82, 2.24) is 25.0 Å². The van der Waals surface area contributed by atoms with Gasteiger partial charge in [0.15, 0.2) is 11.8 Å². The van der Waals surface area contributed by atoms with E-state index in [9.17, 15) is 0 Å². The van der Waals surface area contributed by atoms with Crippen LogP contribution in [0, 0.1) is 5.41 Å². The molecule has 0 atom stereocenters. The van der Waals surface area contributed by atoms with Crippen LogP contribution < -0.4 is 5.32 Å². The van der Waals surface area contributed by atoms with E-state index in [0.717, 1.165) is 30.6 Å². The van der Waals surface area contributed by atoms with Crippen molar-refractivity contribution >= 4 is 29.9 Å². The molecule has 0 unspecified atom stereocenters. The van der Waals surface area contributed by atoms with Gasteiger partial charge in [-0.1, -0.05) is 32.0 Å². The van der Waals surface area contributed by atoms with Gasteiger partial charge >= 0.3 is 0 Å². The first kappa shape index (κ1) is 20.7. The molecule has 1 aromatic carbocycles. The van der Waals surface area contributed by atoms with Crippen LogP contribution in [0.25, 0.3) is 5.69 Å². The zero-order valence-electron chi connectivity index (χ0n) is 16.2. The summed E-state index contributed by atoms with van der Waals surface area (Å²) in [5, 5.41) is 11.7. The van der Waals surface area contributed by atoms with Gasteiger partial charge in [0.05, 0.1) is 0 Å². The molecule has 1 fully saturated rings. The number of halogens is 1. The Labute approximate surface area is 173 Å². The van der Waals surface area contributed by atoms with Crippen molar-refractivity contribution in [3.05, 3.63) is 42.5 Å². The van der Waals surface area contributed by atoms with Crippen LogP contribution >= 0.6 is 24.0 Å². The second-order valence-corrected chi connectivity index (χ2v) is 7.65. The monoisotopic (exact) mass is 468 g/mol. The van der Waals surface area contributed by atoms with Crippen LogP contribution in [0.4, 0.5) is 0 Å². The van der Waals surface area contributed by atoms with E-state index in [1.54, 1.807) is 6.33 Å². The third-order valence-electron chi connectivity index (χ3n) is 5.50. The fourth-order valence-electron chi connectivity index (χ4n) is 3.11. The molecule has 1 aliphatic heterocycles. The molecule has 1 N–H and O–H groups in total. The second kappa shape index (κ2) is 7.94. The Morgan fingerprint density at radius 1 is 1.19 bits per heavy atom. The highest BCUT2D eigenvalue weighted by Crippen LogP contribution is 2.46. The molecule has 2 heterocycles. The van der Waals surface area contributed by atoms with Crippen molar-refractivity contribution < 1.29 is 0 Å². The third kappa shape index (κ3) is 3.72. The first-order valence-electron chi connectivity index (χ1n) is 8.87. The first-order valence-corrected chi connectivity index (χ1v) is 8.87. The molecule has 0 radical (unpaired) electrons. The summed E-state index contributed by atoms with van der Waals surface area (Å²) in [6.45, 7) is 13.6. The zero-order chi connectivity index (χ0) is 18.1. The predicted molar refractivity (Wildman–Crippen MR) is 116 cm³/mol. The summed E-state index contributed by atoms with van der Waals surface area (Å²) in [6, 6.07) is 10.1. The van der Waals surface area contributed by atoms with Crippen LogP contribution in [0.3, 0.4) is 0 Å². The smallest absolute Gasteiger partial charge is 0.194 e. The largest absolute Gasteiger partial charge is 0.356 e. The molecule has 26 heavy (non-hydrogen) atoms. The normalized spacial score (nSPS) is 18.0. The summed E-state index contributed by atoms with van der Waals surface area (Å²) < 4.78 is 1.98. The molecule has 0 saturated carbocycles. The fraction of sp³-hybridized carbons (Fsp3) is 0.526. The summed E-state index contributed by atoms with van der Waals surface area (Å²) >= 11 is 0. The van der Waals surface area contributed by atoms with Gasteiger partial charge in [0.2, 0.25) is 0 Å². The number of likely N-dealkylation sites (tertiary alicyclic amines) is 1. The number of para-hydroxylation sites is 1. The summed E-state index contributed by atoms with van der Waals surface area (Å²) in [7, 11) is 0. The van der Waals surface area contributed by atoms with E-state index in [2.05, 4.69) is 55.0 Å². The second-order valence-electron chi connectivity index (χ2n) is 7.65. The maximum atomic E-state index is 4.83. The summed E-state index contributed by atoms with van der Waals surface area (Å²) in [5.41, 5.74) is 1.39. The highest BCUT2D eigenvalue weighted by atomic mass is 127. The number of benzene rings is 1. The number of aliphatic imine (C=N–C) groups is 1. The van der Waals surface area contributed by atoms with Gasteiger partial charge in [-0.15, -0.1) is 34.2 Å². The van der Waals surface area contributed by atoms with Crippen molar-refractivity contribution in [3.8, 4) is 5.69 Å². The average Bonchev–Trinajstić information content (AvgIpc) is 3.06. The molecule has 6 nitrogen and oxygen atoms in total. The van der Waals surface area contributed by atoms with Crippen LogP contribution in [-0.4, -0.2) is 44.3 Å². The van der Waals surface area contributed by atoms with Gasteiger partial charge in [-0.25, -0.2) is 4.99 Å². The van der Waals surface area contributed by atoms with Crippen LogP contribution in [0.2, 0.25) is 0 Å². The van der Waals surface area contributed by atoms with E-state index in [1.807, 2.05) is 34.9 Å². The van der Waals surface area contributed by atoms with Crippen LogP contribution in [0.5, 0.6) is 0 Å². The Hall–Kier alpha value is -1.64. The van der Waals surface area contributed by atoms with Crippen LogP contribution in [0.1, 0.15) is 40.4 Å². The molecule has 1 aromatic heterocycles. The van der Waals surface area contributed by atoms with Crippen LogP contribution in [0.15, 0.2) is 41.7 Å². The number of nitrogens with zero attached hydrogens (tertiary/aromatic N) is 5. The van der Waals surface area contributed by atoms with Gasteiger partial charge in [-0.3, -0.25) is 4.57 Å². The lowest BCUT2D eigenvalue weighted by atomic mass is 9.65. The molecule has 0 aliphatic carbocycles. The molecule has 0 spiro atoms. The van der Waals surface area contributed by atoms with Gasteiger partial charge in [-0.05, 0) is 32.9 Å². The van der Waals surface area contributed by atoms with Gasteiger partial charge in [0.1, 0.15) is 12.9 Å². The van der Waals surface area contributed by atoms with Crippen LogP contribution in [-0.2, 0) is 6.54 Å². The Morgan fingerprint density at radius 2 is 1.88 bits per heavy atom. The van der Waals surface area contributed by atoms with E-state index in [-0.39, 0.29) is 34.9 Å². The standard InChI is InChI=1S/C19H28N6.HI/c1-6-20-17(25-13-18(2,3)19(25,4)5)21-12-16-23-22-14-24(16)15-10-8-7-9-11-15;/h7-11,14H,6,12-13H2,1-5H3,(H,20,21);1H. The minimum absolute atomic E-state index is 0. The number of nitrogens with one attached hydrogen (secondary N) is 1. The summed E-state index contributed by atoms with van der Waals surface area (Å²) in [6.07, 6.45) is 1.74. The molecule has 1 aliphatic rings. The zero-order valence-corrected chi connectivity index (χ0v) is 18.6. The predicted octanol–water partition coefficient (Wildman–Crippen LogP) is 3.47. The molecule has 1 saturated heterocycles. The number of guanidine groups is 1. The van der Waals surface area contributed by atoms with Gasteiger partial charge in [-0.2, -0.15) is 0 Å². The molecular weight excluding hydrogens is 439 g/mol. The van der Waals surface area contributed by atoms with E-state index in [0.29, 0.717) is 6.54 Å². The first-order chi connectivity index (χ1) is 11.9. The molecule has 3 rings (SSSR count). The van der Waals surface area contributed by atoms with E-state index >= 15 is 0 Å². The topological polar surface area (TPSA) is 58.3 Å². The number of hydrogen-bond donors (Lipinski definition) is 1. The molecule has 142 valence electrons. The van der Waals surface area contributed by atoms with Gasteiger partial charge in [0, 0.05) is 29.7 Å². The van der Waals surface area contributed by atoms with Gasteiger partial charge in [0.25, 0.3) is 0 Å². The lowest BCUT2D eigenvalue weighted by Crippen LogP contribution is -2.72. The summed E-state index contributed by atoms with van der Waals surface area (Å²) in [4.78, 5) is 7.18. The molecule has 0 amide bonds. The number of hydrogen-bond acceptors (Lipinski definition) is 3. The van der Waals surface area contributed by atoms with E-state index in [1.165, 1.54) is 0 Å². The lowest BCUT2D eigenvalue weighted by molar-refractivity contribution is -0.0668. The molecular formula is C19H29IN6. The summed E-state index contributed by atoms with van der Waals surface area (Å²) in [5.74, 6) is 1.77. The fourth-order valence-corrected chi connectivity index (χ4v) is 3.11. The average molecular weight is 468 g/mol. The van der Waals surface area contributed by atoms with Crippen molar-refractivity contribution in [2.75, 3.05) is 13.1 Å². The minimum atomic E-state index is 0. The van der Waals surface area contributed by atoms with Crippen molar-refractivity contribution in [2.45, 2.75) is 46.7 Å². The number of aromatic nitrogens is 3. The van der Waals surface area contributed by atoms with E-state index < -0.39 is 0 Å². The Balaban J connectivity index is 0.00000243. The molecule has 2 aromatic rings. The Bertz CT molecular complexity index is 750. The lowest BCUT2D eigenvalue weighted by Gasteiger charge is -2.62. The van der Waals surface area contributed by atoms with Crippen molar-refractivity contribution in [2.24, 2.45) is 10.4 Å². The Kier molecular flexibility index (Phi) is 6.31. The number of rotatable bonds is 4.